The van der Waals surface area contributed by atoms with Crippen molar-refractivity contribution in [1.82, 2.24) is 19.4 Å². The lowest BCUT2D eigenvalue weighted by Gasteiger charge is -2.41. The molecule has 2 N–H and O–H groups in total. The van der Waals surface area contributed by atoms with Gasteiger partial charge in [0, 0.05) is 42.2 Å². The van der Waals surface area contributed by atoms with Crippen LogP contribution in [0.25, 0.3) is 39.3 Å². The maximum atomic E-state index is 13.9. The number of amides is 1. The number of fused-ring (bicyclic) bond motifs is 2. The highest BCUT2D eigenvalue weighted by Gasteiger charge is 2.44. The summed E-state index contributed by atoms with van der Waals surface area (Å²) in [6, 6.07) is 13.8. The molecule has 1 amide bonds. The number of rotatable bonds is 7. The number of hydrogen-bond donors (Lipinski definition) is 2. The number of carbonyl (C=O) groups excluding carboxylic acids is 1. The molecule has 0 bridgehead atoms. The summed E-state index contributed by atoms with van der Waals surface area (Å²) in [5.41, 5.74) is 7.26. The molecule has 3 heterocycles. The first-order chi connectivity index (χ1) is 20.8. The molecule has 0 atom stereocenters. The summed E-state index contributed by atoms with van der Waals surface area (Å²) < 4.78 is 9.74. The predicted molar refractivity (Wildman–Crippen MR) is 167 cm³/mol. The van der Waals surface area contributed by atoms with Gasteiger partial charge in [0.2, 0.25) is 0 Å². The number of nitrogens with one attached hydrogen (secondary N) is 1. The molecule has 220 valence electrons. The van der Waals surface area contributed by atoms with Crippen molar-refractivity contribution in [3.63, 3.8) is 0 Å². The van der Waals surface area contributed by atoms with Gasteiger partial charge in [-0.2, -0.15) is 0 Å². The Hall–Kier alpha value is -4.59. The second-order valence-electron chi connectivity index (χ2n) is 12.2. The summed E-state index contributed by atoms with van der Waals surface area (Å²) in [5.74, 6) is 0.226. The Morgan fingerprint density at radius 3 is 2.51 bits per heavy atom. The third kappa shape index (κ3) is 4.65. The van der Waals surface area contributed by atoms with Crippen molar-refractivity contribution in [2.24, 2.45) is 14.1 Å². The summed E-state index contributed by atoms with van der Waals surface area (Å²) in [6.07, 6.45) is 15.0. The van der Waals surface area contributed by atoms with Crippen molar-refractivity contribution in [2.75, 3.05) is 0 Å². The molecule has 2 aliphatic carbocycles. The number of benzene rings is 2. The molecule has 8 heteroatoms. The van der Waals surface area contributed by atoms with Crippen LogP contribution in [0, 0.1) is 0 Å². The SMILES string of the molecule is Cn1c(C2(NC(=O)c3ccc4c(C5CCCCC5)c(-c5ccoc5)n(C)c4c3)CCC2)nc2ccc(/C=C/C(=O)O)cc21. The summed E-state index contributed by atoms with van der Waals surface area (Å²) in [7, 11) is 4.05. The van der Waals surface area contributed by atoms with Gasteiger partial charge < -0.3 is 24.0 Å². The van der Waals surface area contributed by atoms with Crippen LogP contribution in [0.4, 0.5) is 0 Å². The highest BCUT2D eigenvalue weighted by molar-refractivity contribution is 6.01. The Labute approximate surface area is 250 Å². The van der Waals surface area contributed by atoms with Crippen LogP contribution < -0.4 is 5.32 Å². The molecule has 0 aliphatic heterocycles. The van der Waals surface area contributed by atoms with E-state index in [0.29, 0.717) is 11.5 Å². The van der Waals surface area contributed by atoms with Crippen LogP contribution in [0.15, 0.2) is 65.5 Å². The molecule has 2 aliphatic rings. The van der Waals surface area contributed by atoms with E-state index < -0.39 is 11.5 Å². The van der Waals surface area contributed by atoms with Crippen molar-refractivity contribution >= 4 is 39.9 Å². The zero-order valence-corrected chi connectivity index (χ0v) is 24.6. The van der Waals surface area contributed by atoms with Crippen LogP contribution in [-0.2, 0) is 24.4 Å². The van der Waals surface area contributed by atoms with Crippen LogP contribution in [0.5, 0.6) is 0 Å². The minimum atomic E-state index is -0.988. The highest BCUT2D eigenvalue weighted by Crippen LogP contribution is 2.45. The van der Waals surface area contributed by atoms with Gasteiger partial charge in [0.25, 0.3) is 5.91 Å². The Kier molecular flexibility index (Phi) is 6.72. The van der Waals surface area contributed by atoms with Gasteiger partial charge in [0.05, 0.1) is 34.8 Å². The molecule has 0 radical (unpaired) electrons. The number of carboxylic acids is 1. The van der Waals surface area contributed by atoms with Gasteiger partial charge in [0.15, 0.2) is 0 Å². The molecule has 3 aromatic heterocycles. The van der Waals surface area contributed by atoms with Crippen LogP contribution in [0.3, 0.4) is 0 Å². The van der Waals surface area contributed by atoms with Crippen molar-refractivity contribution in [1.29, 1.82) is 0 Å². The lowest BCUT2D eigenvalue weighted by Crippen LogP contribution is -2.52. The second-order valence-corrected chi connectivity index (χ2v) is 12.2. The standard InChI is InChI=1S/C35H36N4O4/c1-38-28-20-24(11-12-26(28)31(23-7-4-3-5-8-23)32(38)25-15-18-43-21-25)33(42)37-35(16-6-17-35)34-36-27-13-9-22(10-14-30(40)41)19-29(27)39(34)2/h9-15,18-21,23H,3-8,16-17H2,1-2H3,(H,37,42)(H,40,41)/b14-10+. The van der Waals surface area contributed by atoms with Gasteiger partial charge in [-0.05, 0) is 85.6 Å². The number of hydrogen-bond acceptors (Lipinski definition) is 4. The predicted octanol–water partition coefficient (Wildman–Crippen LogP) is 7.28. The number of aromatic nitrogens is 3. The maximum absolute atomic E-state index is 13.9. The molecular formula is C35H36N4O4. The Morgan fingerprint density at radius 1 is 1.00 bits per heavy atom. The Bertz CT molecular complexity index is 1880. The molecule has 2 aromatic carbocycles. The minimum Gasteiger partial charge on any atom is -0.478 e. The lowest BCUT2D eigenvalue weighted by molar-refractivity contribution is -0.131. The molecular weight excluding hydrogens is 540 g/mol. The van der Waals surface area contributed by atoms with E-state index in [1.54, 1.807) is 12.3 Å². The van der Waals surface area contributed by atoms with E-state index in [-0.39, 0.29) is 5.91 Å². The number of carboxylic acid groups (broad SMARTS) is 1. The van der Waals surface area contributed by atoms with Gasteiger partial charge in [-0.25, -0.2) is 9.78 Å². The summed E-state index contributed by atoms with van der Waals surface area (Å²) >= 11 is 0. The number of aryl methyl sites for hydroxylation is 2. The van der Waals surface area contributed by atoms with E-state index in [1.807, 2.05) is 54.3 Å². The van der Waals surface area contributed by atoms with Gasteiger partial charge in [-0.1, -0.05) is 31.4 Å². The van der Waals surface area contributed by atoms with E-state index in [4.69, 9.17) is 14.5 Å². The quantitative estimate of drug-likeness (QED) is 0.198. The van der Waals surface area contributed by atoms with Crippen molar-refractivity contribution in [2.45, 2.75) is 62.8 Å². The Morgan fingerprint density at radius 2 is 1.81 bits per heavy atom. The average molecular weight is 577 g/mol. The van der Waals surface area contributed by atoms with Gasteiger partial charge in [-0.15, -0.1) is 0 Å². The first-order valence-electron chi connectivity index (χ1n) is 15.2. The zero-order valence-electron chi connectivity index (χ0n) is 24.6. The molecule has 2 fully saturated rings. The third-order valence-electron chi connectivity index (χ3n) is 9.62. The van der Waals surface area contributed by atoms with E-state index in [1.165, 1.54) is 48.7 Å². The van der Waals surface area contributed by atoms with Gasteiger partial charge in [-0.3, -0.25) is 4.79 Å². The normalized spacial score (nSPS) is 17.1. The van der Waals surface area contributed by atoms with Crippen molar-refractivity contribution < 1.29 is 19.1 Å². The van der Waals surface area contributed by atoms with Crippen molar-refractivity contribution in [3.05, 3.63) is 83.6 Å². The van der Waals surface area contributed by atoms with Crippen LogP contribution >= 0.6 is 0 Å². The van der Waals surface area contributed by atoms with Crippen LogP contribution in [0.2, 0.25) is 0 Å². The first kappa shape index (κ1) is 27.3. The van der Waals surface area contributed by atoms with Gasteiger partial charge >= 0.3 is 5.97 Å². The molecule has 8 nitrogen and oxygen atoms in total. The van der Waals surface area contributed by atoms with Crippen LogP contribution in [0.1, 0.15) is 84.6 Å². The third-order valence-corrected chi connectivity index (χ3v) is 9.62. The molecule has 0 spiro atoms. The van der Waals surface area contributed by atoms with E-state index >= 15 is 0 Å². The number of aliphatic carboxylic acids is 1. The molecule has 0 unspecified atom stereocenters. The van der Waals surface area contributed by atoms with Crippen LogP contribution in [-0.4, -0.2) is 31.1 Å². The number of nitrogens with zero attached hydrogens (tertiary/aromatic N) is 3. The van der Waals surface area contributed by atoms with Gasteiger partial charge in [0.1, 0.15) is 5.82 Å². The smallest absolute Gasteiger partial charge is 0.328 e. The fourth-order valence-corrected chi connectivity index (χ4v) is 7.29. The molecule has 43 heavy (non-hydrogen) atoms. The fraction of sp³-hybridized carbons (Fsp3) is 0.343. The number of furan rings is 1. The minimum absolute atomic E-state index is 0.107. The Balaban J connectivity index is 1.24. The monoisotopic (exact) mass is 576 g/mol. The fourth-order valence-electron chi connectivity index (χ4n) is 7.29. The summed E-state index contributed by atoms with van der Waals surface area (Å²) in [6.45, 7) is 0. The number of carbonyl (C=O) groups is 2. The second kappa shape index (κ2) is 10.6. The topological polar surface area (TPSA) is 102 Å². The molecule has 7 rings (SSSR count). The summed E-state index contributed by atoms with van der Waals surface area (Å²) in [5, 5.41) is 13.6. The largest absolute Gasteiger partial charge is 0.478 e. The zero-order chi connectivity index (χ0) is 29.7. The van der Waals surface area contributed by atoms with E-state index in [9.17, 15) is 9.59 Å². The lowest BCUT2D eigenvalue weighted by atomic mass is 9.75. The van der Waals surface area contributed by atoms with E-state index in [0.717, 1.165) is 58.8 Å². The molecule has 5 aromatic rings. The molecule has 2 saturated carbocycles. The van der Waals surface area contributed by atoms with E-state index in [2.05, 4.69) is 23.0 Å². The first-order valence-corrected chi connectivity index (χ1v) is 15.2. The average Bonchev–Trinajstić information content (AvgIpc) is 3.71. The molecule has 0 saturated heterocycles. The van der Waals surface area contributed by atoms with Crippen molar-refractivity contribution in [3.8, 4) is 11.3 Å². The maximum Gasteiger partial charge on any atom is 0.328 e. The number of imidazole rings is 1. The highest BCUT2D eigenvalue weighted by atomic mass is 16.4. The summed E-state index contributed by atoms with van der Waals surface area (Å²) in [4.78, 5) is 29.8.